The number of nitrogens with zero attached hydrogens (tertiary/aromatic N) is 1. The summed E-state index contributed by atoms with van der Waals surface area (Å²) < 4.78 is 5.38. The van der Waals surface area contributed by atoms with Gasteiger partial charge in [-0.1, -0.05) is 39.0 Å². The van der Waals surface area contributed by atoms with Gasteiger partial charge in [0.05, 0.1) is 24.7 Å². The van der Waals surface area contributed by atoms with E-state index in [1.54, 1.807) is 13.3 Å². The topological polar surface area (TPSA) is 63.2 Å². The Morgan fingerprint density at radius 2 is 1.72 bits per heavy atom. The van der Waals surface area contributed by atoms with E-state index in [1.165, 1.54) is 5.56 Å². The zero-order valence-corrected chi connectivity index (χ0v) is 17.5. The van der Waals surface area contributed by atoms with Gasteiger partial charge in [-0.25, -0.2) is 4.98 Å². The maximum Gasteiger partial charge on any atom is 0.255 e. The van der Waals surface area contributed by atoms with Gasteiger partial charge in [0.1, 0.15) is 11.6 Å². The van der Waals surface area contributed by atoms with Gasteiger partial charge in [-0.05, 0) is 59.9 Å². The molecule has 2 N–H and O–H groups in total. The number of pyridine rings is 1. The van der Waals surface area contributed by atoms with Gasteiger partial charge in [-0.15, -0.1) is 0 Å². The Bertz CT molecular complexity index is 988. The molecule has 3 aromatic rings. The minimum absolute atomic E-state index is 0.0573. The second-order valence-electron chi connectivity index (χ2n) is 8.04. The van der Waals surface area contributed by atoms with Crippen molar-refractivity contribution in [2.45, 2.75) is 33.1 Å². The summed E-state index contributed by atoms with van der Waals surface area (Å²) in [6.45, 7) is 8.46. The normalized spacial score (nSPS) is 11.1. The molecule has 0 aliphatic heterocycles. The summed E-state index contributed by atoms with van der Waals surface area (Å²) in [5, 5.41) is 6.13. The second-order valence-corrected chi connectivity index (χ2v) is 8.04. The molecule has 0 bridgehead atoms. The van der Waals surface area contributed by atoms with Crippen LogP contribution in [0, 0.1) is 6.92 Å². The standard InChI is InChI=1S/C24H27N3O2/c1-16-6-12-21(29-5)20(14-16)27-22-13-11-19(15-25-22)26-23(28)17-7-9-18(10-8-17)24(2,3)4/h6-15H,1-5H3,(H,25,27)(H,26,28). The van der Waals surface area contributed by atoms with Crippen molar-refractivity contribution < 1.29 is 9.53 Å². The maximum absolute atomic E-state index is 12.5. The smallest absolute Gasteiger partial charge is 0.255 e. The van der Waals surface area contributed by atoms with Crippen molar-refractivity contribution >= 4 is 23.1 Å². The fourth-order valence-corrected chi connectivity index (χ4v) is 2.92. The minimum atomic E-state index is -0.159. The predicted octanol–water partition coefficient (Wildman–Crippen LogP) is 5.69. The first kappa shape index (κ1) is 20.4. The SMILES string of the molecule is COc1ccc(C)cc1Nc1ccc(NC(=O)c2ccc(C(C)(C)C)cc2)cn1. The van der Waals surface area contributed by atoms with Crippen molar-refractivity contribution in [3.05, 3.63) is 77.5 Å². The van der Waals surface area contributed by atoms with Crippen molar-refractivity contribution in [1.82, 2.24) is 4.98 Å². The Balaban J connectivity index is 1.68. The summed E-state index contributed by atoms with van der Waals surface area (Å²) in [5.41, 5.74) is 4.46. The van der Waals surface area contributed by atoms with Gasteiger partial charge in [0.2, 0.25) is 0 Å². The highest BCUT2D eigenvalue weighted by molar-refractivity contribution is 6.04. The Labute approximate surface area is 172 Å². The average molecular weight is 389 g/mol. The van der Waals surface area contributed by atoms with E-state index in [2.05, 4.69) is 36.4 Å². The van der Waals surface area contributed by atoms with E-state index in [9.17, 15) is 4.79 Å². The molecular weight excluding hydrogens is 362 g/mol. The maximum atomic E-state index is 12.5. The van der Waals surface area contributed by atoms with Crippen LogP contribution in [0.4, 0.5) is 17.2 Å². The third kappa shape index (κ3) is 5.13. The van der Waals surface area contributed by atoms with Gasteiger partial charge >= 0.3 is 0 Å². The summed E-state index contributed by atoms with van der Waals surface area (Å²) in [5.74, 6) is 1.25. The van der Waals surface area contributed by atoms with E-state index < -0.39 is 0 Å². The molecular formula is C24H27N3O2. The largest absolute Gasteiger partial charge is 0.495 e. The lowest BCUT2D eigenvalue weighted by Crippen LogP contribution is -2.14. The summed E-state index contributed by atoms with van der Waals surface area (Å²) in [7, 11) is 1.63. The van der Waals surface area contributed by atoms with Crippen LogP contribution >= 0.6 is 0 Å². The van der Waals surface area contributed by atoms with Gasteiger partial charge in [-0.2, -0.15) is 0 Å². The van der Waals surface area contributed by atoms with E-state index in [4.69, 9.17) is 4.74 Å². The van der Waals surface area contributed by atoms with E-state index in [-0.39, 0.29) is 11.3 Å². The summed E-state index contributed by atoms with van der Waals surface area (Å²) in [4.78, 5) is 16.9. The number of nitrogens with one attached hydrogen (secondary N) is 2. The van der Waals surface area contributed by atoms with Crippen LogP contribution < -0.4 is 15.4 Å². The third-order valence-electron chi connectivity index (χ3n) is 4.65. The highest BCUT2D eigenvalue weighted by Crippen LogP contribution is 2.28. The fraction of sp³-hybridized carbons (Fsp3) is 0.250. The molecule has 0 aliphatic rings. The first-order valence-corrected chi connectivity index (χ1v) is 9.56. The Morgan fingerprint density at radius 3 is 2.31 bits per heavy atom. The number of rotatable bonds is 5. The van der Waals surface area contributed by atoms with E-state index in [0.29, 0.717) is 17.1 Å². The van der Waals surface area contributed by atoms with Crippen LogP contribution in [0.25, 0.3) is 0 Å². The Kier molecular flexibility index (Phi) is 5.87. The molecule has 0 saturated heterocycles. The molecule has 1 heterocycles. The molecule has 1 amide bonds. The highest BCUT2D eigenvalue weighted by Gasteiger charge is 2.14. The number of hydrogen-bond acceptors (Lipinski definition) is 4. The number of aryl methyl sites for hydroxylation is 1. The quantitative estimate of drug-likeness (QED) is 0.588. The van der Waals surface area contributed by atoms with Gasteiger partial charge in [0.15, 0.2) is 0 Å². The number of ether oxygens (including phenoxy) is 1. The molecule has 0 atom stereocenters. The van der Waals surface area contributed by atoms with E-state index >= 15 is 0 Å². The molecule has 0 saturated carbocycles. The van der Waals surface area contributed by atoms with Gasteiger partial charge in [0, 0.05) is 5.56 Å². The lowest BCUT2D eigenvalue weighted by molar-refractivity contribution is 0.102. The molecule has 0 aliphatic carbocycles. The molecule has 3 rings (SSSR count). The zero-order valence-electron chi connectivity index (χ0n) is 17.5. The van der Waals surface area contributed by atoms with Crippen LogP contribution in [0.5, 0.6) is 5.75 Å². The summed E-state index contributed by atoms with van der Waals surface area (Å²) >= 11 is 0. The highest BCUT2D eigenvalue weighted by atomic mass is 16.5. The molecule has 0 unspecified atom stereocenters. The molecule has 1 aromatic heterocycles. The van der Waals surface area contributed by atoms with Crippen LogP contribution in [-0.4, -0.2) is 18.0 Å². The number of methoxy groups -OCH3 is 1. The van der Waals surface area contributed by atoms with Crippen molar-refractivity contribution in [2.75, 3.05) is 17.7 Å². The molecule has 0 radical (unpaired) electrons. The number of aromatic nitrogens is 1. The number of carbonyl (C=O) groups excluding carboxylic acids is 1. The van der Waals surface area contributed by atoms with E-state index in [1.807, 2.05) is 61.5 Å². The lowest BCUT2D eigenvalue weighted by atomic mass is 9.87. The number of amides is 1. The first-order valence-electron chi connectivity index (χ1n) is 9.56. The van der Waals surface area contributed by atoms with Crippen molar-refractivity contribution in [2.24, 2.45) is 0 Å². The number of carbonyl (C=O) groups is 1. The van der Waals surface area contributed by atoms with Crippen LogP contribution in [0.2, 0.25) is 0 Å². The van der Waals surface area contributed by atoms with E-state index in [0.717, 1.165) is 17.0 Å². The lowest BCUT2D eigenvalue weighted by Gasteiger charge is -2.19. The minimum Gasteiger partial charge on any atom is -0.495 e. The Hall–Kier alpha value is -3.34. The van der Waals surface area contributed by atoms with Gasteiger partial charge < -0.3 is 15.4 Å². The zero-order chi connectivity index (χ0) is 21.0. The summed E-state index contributed by atoms with van der Waals surface area (Å²) in [6.07, 6.45) is 1.63. The molecule has 5 heteroatoms. The van der Waals surface area contributed by atoms with Crippen LogP contribution in [0.1, 0.15) is 42.3 Å². The number of benzene rings is 2. The van der Waals surface area contributed by atoms with Crippen molar-refractivity contribution in [3.8, 4) is 5.75 Å². The second kappa shape index (κ2) is 8.35. The van der Waals surface area contributed by atoms with Crippen LogP contribution in [0.15, 0.2) is 60.8 Å². The summed E-state index contributed by atoms with van der Waals surface area (Å²) in [6, 6.07) is 17.2. The molecule has 2 aromatic carbocycles. The molecule has 5 nitrogen and oxygen atoms in total. The fourth-order valence-electron chi connectivity index (χ4n) is 2.92. The third-order valence-corrected chi connectivity index (χ3v) is 4.65. The molecule has 150 valence electrons. The number of anilines is 3. The monoisotopic (exact) mass is 389 g/mol. The number of hydrogen-bond donors (Lipinski definition) is 2. The van der Waals surface area contributed by atoms with Crippen molar-refractivity contribution in [3.63, 3.8) is 0 Å². The van der Waals surface area contributed by atoms with Gasteiger partial charge in [-0.3, -0.25) is 4.79 Å². The predicted molar refractivity (Wildman–Crippen MR) is 118 cm³/mol. The molecule has 0 fully saturated rings. The van der Waals surface area contributed by atoms with Crippen molar-refractivity contribution in [1.29, 1.82) is 0 Å². The van der Waals surface area contributed by atoms with Crippen LogP contribution in [0.3, 0.4) is 0 Å². The molecule has 0 spiro atoms. The average Bonchev–Trinajstić information content (AvgIpc) is 2.69. The van der Waals surface area contributed by atoms with Gasteiger partial charge in [0.25, 0.3) is 5.91 Å². The molecule has 29 heavy (non-hydrogen) atoms. The first-order chi connectivity index (χ1) is 13.8. The Morgan fingerprint density at radius 1 is 1.00 bits per heavy atom. The van der Waals surface area contributed by atoms with Crippen LogP contribution in [-0.2, 0) is 5.41 Å².